The average Bonchev–Trinajstić information content (AvgIpc) is 3.13. The van der Waals surface area contributed by atoms with E-state index in [1.54, 1.807) is 28.4 Å². The normalized spacial score (nSPS) is 19.0. The number of likely N-dealkylation sites (N-methyl/N-ethyl adjacent to an activating group) is 1. The summed E-state index contributed by atoms with van der Waals surface area (Å²) in [7, 11) is -1.69. The largest absolute Gasteiger partial charge is 0.486 e. The van der Waals surface area contributed by atoms with Crippen molar-refractivity contribution in [2.24, 2.45) is 0 Å². The van der Waals surface area contributed by atoms with E-state index in [9.17, 15) is 13.2 Å². The third-order valence-electron chi connectivity index (χ3n) is 6.22. The number of nitrogens with zero attached hydrogens (tertiary/aromatic N) is 2. The van der Waals surface area contributed by atoms with E-state index in [2.05, 4.69) is 0 Å². The average molecular weight is 473 g/mol. The summed E-state index contributed by atoms with van der Waals surface area (Å²) in [5.41, 5.74) is 0.942. The number of ether oxygens (including phenoxy) is 2. The fourth-order valence-electron chi connectivity index (χ4n) is 4.26. The molecule has 2 aliphatic rings. The van der Waals surface area contributed by atoms with Crippen LogP contribution in [-0.4, -0.2) is 62.9 Å². The molecule has 0 spiro atoms. The van der Waals surface area contributed by atoms with Crippen LogP contribution in [0.2, 0.25) is 0 Å². The molecular formula is C25H32N2O5S. The van der Waals surface area contributed by atoms with Crippen molar-refractivity contribution in [2.75, 3.05) is 33.3 Å². The van der Waals surface area contributed by atoms with Crippen molar-refractivity contribution in [1.29, 1.82) is 0 Å². The molecule has 2 aliphatic heterocycles. The Balaban J connectivity index is 1.28. The highest BCUT2D eigenvalue weighted by molar-refractivity contribution is 7.89. The summed E-state index contributed by atoms with van der Waals surface area (Å²) in [6.07, 6.45) is 4.69. The van der Waals surface area contributed by atoms with Crippen LogP contribution < -0.4 is 9.47 Å². The highest BCUT2D eigenvalue weighted by atomic mass is 32.2. The number of sulfonamides is 1. The van der Waals surface area contributed by atoms with Gasteiger partial charge in [0.2, 0.25) is 15.9 Å². The molecule has 0 N–H and O–H groups in total. The first-order valence-electron chi connectivity index (χ1n) is 11.6. The third-order valence-corrected chi connectivity index (χ3v) is 8.14. The Morgan fingerprint density at radius 1 is 1.00 bits per heavy atom. The predicted molar refractivity (Wildman–Crippen MR) is 126 cm³/mol. The molecular weight excluding hydrogens is 440 g/mol. The maximum absolute atomic E-state index is 12.9. The molecule has 2 aromatic rings. The van der Waals surface area contributed by atoms with E-state index in [1.165, 1.54) is 0 Å². The van der Waals surface area contributed by atoms with E-state index in [0.717, 1.165) is 37.0 Å². The van der Waals surface area contributed by atoms with Gasteiger partial charge in [0.15, 0.2) is 17.6 Å². The number of hydrogen-bond acceptors (Lipinski definition) is 5. The Morgan fingerprint density at radius 2 is 1.67 bits per heavy atom. The first-order valence-corrected chi connectivity index (χ1v) is 13.1. The Bertz CT molecular complexity index is 1050. The summed E-state index contributed by atoms with van der Waals surface area (Å²) in [5, 5.41) is 0. The lowest BCUT2D eigenvalue weighted by atomic mass is 10.1. The second kappa shape index (κ2) is 10.6. The maximum Gasteiger partial charge on any atom is 0.243 e. The molecule has 0 aromatic heterocycles. The first-order chi connectivity index (χ1) is 15.9. The van der Waals surface area contributed by atoms with Gasteiger partial charge < -0.3 is 14.4 Å². The summed E-state index contributed by atoms with van der Waals surface area (Å²) in [6.45, 7) is 2.03. The molecule has 0 saturated carbocycles. The molecule has 1 atom stereocenters. The summed E-state index contributed by atoms with van der Waals surface area (Å²) < 4.78 is 39.1. The van der Waals surface area contributed by atoms with Gasteiger partial charge in [-0.2, -0.15) is 4.31 Å². The fraction of sp³-hybridized carbons (Fsp3) is 0.480. The molecule has 2 aromatic carbocycles. The molecule has 8 heteroatoms. The molecule has 0 unspecified atom stereocenters. The number of hydrogen-bond donors (Lipinski definition) is 0. The van der Waals surface area contributed by atoms with Gasteiger partial charge in [-0.05, 0) is 49.1 Å². The smallest absolute Gasteiger partial charge is 0.243 e. The third kappa shape index (κ3) is 5.86. The van der Waals surface area contributed by atoms with Gasteiger partial charge in [0.05, 0.1) is 11.4 Å². The van der Waals surface area contributed by atoms with Crippen LogP contribution in [0.3, 0.4) is 0 Å². The molecule has 2 heterocycles. The van der Waals surface area contributed by atoms with Crippen molar-refractivity contribution in [3.05, 3.63) is 54.1 Å². The summed E-state index contributed by atoms with van der Waals surface area (Å²) in [6, 6.07) is 14.5. The number of fused-ring (bicyclic) bond motifs is 1. The molecule has 1 saturated heterocycles. The van der Waals surface area contributed by atoms with Crippen molar-refractivity contribution in [1.82, 2.24) is 9.21 Å². The lowest BCUT2D eigenvalue weighted by molar-refractivity contribution is -0.131. The first kappa shape index (κ1) is 23.6. The van der Waals surface area contributed by atoms with Crippen molar-refractivity contribution in [2.45, 2.75) is 49.5 Å². The van der Waals surface area contributed by atoms with Gasteiger partial charge in [0.25, 0.3) is 0 Å². The lowest BCUT2D eigenvalue weighted by Gasteiger charge is -2.29. The molecule has 0 bridgehead atoms. The van der Waals surface area contributed by atoms with Crippen LogP contribution in [0.1, 0.15) is 37.7 Å². The van der Waals surface area contributed by atoms with E-state index < -0.39 is 10.0 Å². The van der Waals surface area contributed by atoms with Crippen LogP contribution in [0.4, 0.5) is 0 Å². The molecule has 1 amide bonds. The van der Waals surface area contributed by atoms with E-state index in [4.69, 9.17) is 9.47 Å². The lowest BCUT2D eigenvalue weighted by Crippen LogP contribution is -2.41. The summed E-state index contributed by atoms with van der Waals surface area (Å²) in [5.74, 6) is 1.44. The van der Waals surface area contributed by atoms with Crippen molar-refractivity contribution in [3.63, 3.8) is 0 Å². The molecule has 0 aliphatic carbocycles. The number of carbonyl (C=O) groups is 1. The number of carbonyl (C=O) groups excluding carboxylic acids is 1. The highest BCUT2D eigenvalue weighted by Crippen LogP contribution is 2.31. The molecule has 33 heavy (non-hydrogen) atoms. The second-order valence-corrected chi connectivity index (χ2v) is 10.7. The monoisotopic (exact) mass is 472 g/mol. The highest BCUT2D eigenvalue weighted by Gasteiger charge is 2.25. The van der Waals surface area contributed by atoms with Gasteiger partial charge in [-0.25, -0.2) is 8.42 Å². The van der Waals surface area contributed by atoms with Crippen LogP contribution >= 0.6 is 0 Å². The van der Waals surface area contributed by atoms with Crippen LogP contribution in [0.15, 0.2) is 53.4 Å². The van der Waals surface area contributed by atoms with E-state index in [-0.39, 0.29) is 12.0 Å². The number of aryl methyl sites for hydroxylation is 1. The molecule has 1 fully saturated rings. The van der Waals surface area contributed by atoms with Gasteiger partial charge in [0, 0.05) is 26.6 Å². The molecule has 0 radical (unpaired) electrons. The summed E-state index contributed by atoms with van der Waals surface area (Å²) >= 11 is 0. The van der Waals surface area contributed by atoms with Crippen molar-refractivity contribution >= 4 is 15.9 Å². The van der Waals surface area contributed by atoms with Gasteiger partial charge in [-0.1, -0.05) is 37.1 Å². The Kier molecular flexibility index (Phi) is 7.55. The number of benzene rings is 2. The SMILES string of the molecule is CN(C[C@H]1COc2ccccc2O1)C(=O)CCc1ccc(S(=O)(=O)N2CCCCCC2)cc1. The minimum Gasteiger partial charge on any atom is -0.486 e. The number of para-hydroxylation sites is 2. The zero-order valence-corrected chi connectivity index (χ0v) is 19.9. The minimum atomic E-state index is -3.45. The van der Waals surface area contributed by atoms with Crippen LogP contribution in [0, 0.1) is 0 Å². The molecule has 7 nitrogen and oxygen atoms in total. The fourth-order valence-corrected chi connectivity index (χ4v) is 5.78. The van der Waals surface area contributed by atoms with Gasteiger partial charge in [-0.3, -0.25) is 4.79 Å². The quantitative estimate of drug-likeness (QED) is 0.617. The van der Waals surface area contributed by atoms with Crippen molar-refractivity contribution in [3.8, 4) is 11.5 Å². The predicted octanol–water partition coefficient (Wildman–Crippen LogP) is 3.48. The number of amides is 1. The maximum atomic E-state index is 12.9. The minimum absolute atomic E-state index is 0.0127. The zero-order valence-electron chi connectivity index (χ0n) is 19.1. The molecule has 178 valence electrons. The Morgan fingerprint density at radius 3 is 2.36 bits per heavy atom. The van der Waals surface area contributed by atoms with Crippen LogP contribution in [0.5, 0.6) is 11.5 Å². The van der Waals surface area contributed by atoms with Gasteiger partial charge in [-0.15, -0.1) is 0 Å². The van der Waals surface area contributed by atoms with Crippen molar-refractivity contribution < 1.29 is 22.7 Å². The Labute approximate surface area is 196 Å². The van der Waals surface area contributed by atoms with E-state index in [1.807, 2.05) is 36.4 Å². The number of rotatable bonds is 7. The van der Waals surface area contributed by atoms with Gasteiger partial charge in [0.1, 0.15) is 6.61 Å². The standard InChI is InChI=1S/C25H32N2O5S/c1-26(18-21-19-31-23-8-4-5-9-24(23)32-21)25(28)15-12-20-10-13-22(14-11-20)33(29,30)27-16-6-2-3-7-17-27/h4-5,8-11,13-14,21H,2-3,6-7,12,15-19H2,1H3/t21-/m0/s1. The molecule has 4 rings (SSSR count). The Hall–Kier alpha value is -2.58. The second-order valence-electron chi connectivity index (χ2n) is 8.73. The van der Waals surface area contributed by atoms with Gasteiger partial charge >= 0.3 is 0 Å². The topological polar surface area (TPSA) is 76.1 Å². The van der Waals surface area contributed by atoms with E-state index >= 15 is 0 Å². The van der Waals surface area contributed by atoms with E-state index in [0.29, 0.717) is 49.7 Å². The zero-order chi connectivity index (χ0) is 23.3. The van der Waals surface area contributed by atoms with Crippen LogP contribution in [-0.2, 0) is 21.2 Å². The van der Waals surface area contributed by atoms with Crippen LogP contribution in [0.25, 0.3) is 0 Å². The summed E-state index contributed by atoms with van der Waals surface area (Å²) in [4.78, 5) is 14.6.